The fraction of sp³-hybridized carbons (Fsp3) is 0.0500. The third-order valence-electron chi connectivity index (χ3n) is 4.30. The molecule has 1 aliphatic rings. The number of para-hydroxylation sites is 1. The van der Waals surface area contributed by atoms with Crippen molar-refractivity contribution in [2.45, 2.75) is 6.92 Å². The van der Waals surface area contributed by atoms with Gasteiger partial charge in [0.15, 0.2) is 0 Å². The Labute approximate surface area is 159 Å². The summed E-state index contributed by atoms with van der Waals surface area (Å²) in [6.45, 7) is 1.96. The Kier molecular flexibility index (Phi) is 4.22. The highest BCUT2D eigenvalue weighted by Crippen LogP contribution is 2.29. The lowest BCUT2D eigenvalue weighted by Gasteiger charge is -2.09. The first-order valence-electron chi connectivity index (χ1n) is 8.00. The molecule has 1 saturated heterocycles. The summed E-state index contributed by atoms with van der Waals surface area (Å²) in [5.41, 5.74) is 3.93. The van der Waals surface area contributed by atoms with Crippen LogP contribution in [-0.2, 0) is 4.79 Å². The van der Waals surface area contributed by atoms with E-state index in [-0.39, 0.29) is 11.5 Å². The summed E-state index contributed by atoms with van der Waals surface area (Å²) >= 11 is 6.26. The number of fused-ring (bicyclic) bond motifs is 1. The molecule has 1 amide bonds. The number of rotatable bonds is 2. The van der Waals surface area contributed by atoms with E-state index in [2.05, 4.69) is 10.3 Å². The Morgan fingerprint density at radius 3 is 2.65 bits per heavy atom. The number of amides is 1. The molecule has 0 saturated carbocycles. The van der Waals surface area contributed by atoms with Crippen LogP contribution < -0.4 is 10.9 Å². The number of thiocarbonyl (C=S) groups is 1. The summed E-state index contributed by atoms with van der Waals surface area (Å²) < 4.78 is 0.458. The van der Waals surface area contributed by atoms with E-state index in [4.69, 9.17) is 12.2 Å². The minimum atomic E-state index is -0.190. The number of aromatic amines is 1. The highest BCUT2D eigenvalue weighted by atomic mass is 32.2. The maximum atomic E-state index is 12.6. The Morgan fingerprint density at radius 1 is 1.08 bits per heavy atom. The molecule has 2 N–H and O–H groups in total. The van der Waals surface area contributed by atoms with Crippen molar-refractivity contribution in [2.75, 3.05) is 0 Å². The third-order valence-corrected chi connectivity index (χ3v) is 5.46. The fourth-order valence-electron chi connectivity index (χ4n) is 3.11. The molecule has 0 aliphatic carbocycles. The van der Waals surface area contributed by atoms with E-state index in [0.717, 1.165) is 27.6 Å². The maximum absolute atomic E-state index is 12.6. The van der Waals surface area contributed by atoms with Gasteiger partial charge in [-0.3, -0.25) is 9.59 Å². The molecule has 0 bridgehead atoms. The van der Waals surface area contributed by atoms with Gasteiger partial charge in [0.25, 0.3) is 11.5 Å². The number of hydrogen-bond acceptors (Lipinski definition) is 4. The summed E-state index contributed by atoms with van der Waals surface area (Å²) in [5.74, 6) is -0.190. The number of thioether (sulfide) groups is 1. The normalized spacial score (nSPS) is 15.7. The molecule has 0 atom stereocenters. The van der Waals surface area contributed by atoms with E-state index >= 15 is 0 Å². The Balaban J connectivity index is 1.84. The molecular weight excluding hydrogens is 364 g/mol. The van der Waals surface area contributed by atoms with Crippen LogP contribution in [0.3, 0.4) is 0 Å². The van der Waals surface area contributed by atoms with Gasteiger partial charge in [0.1, 0.15) is 4.32 Å². The molecule has 1 aromatic heterocycles. The van der Waals surface area contributed by atoms with Crippen LogP contribution in [0.4, 0.5) is 0 Å². The van der Waals surface area contributed by atoms with Gasteiger partial charge in [-0.15, -0.1) is 0 Å². The van der Waals surface area contributed by atoms with E-state index in [1.807, 2.05) is 55.5 Å². The van der Waals surface area contributed by atoms with Gasteiger partial charge in [-0.2, -0.15) is 0 Å². The summed E-state index contributed by atoms with van der Waals surface area (Å²) in [7, 11) is 0. The van der Waals surface area contributed by atoms with Crippen LogP contribution in [0.1, 0.15) is 11.1 Å². The van der Waals surface area contributed by atoms with Crippen molar-refractivity contribution < 1.29 is 4.79 Å². The van der Waals surface area contributed by atoms with Crippen molar-refractivity contribution in [3.05, 3.63) is 74.9 Å². The molecule has 2 heterocycles. The average Bonchev–Trinajstić information content (AvgIpc) is 2.92. The highest BCUT2D eigenvalue weighted by molar-refractivity contribution is 8.26. The molecule has 0 radical (unpaired) electrons. The van der Waals surface area contributed by atoms with Crippen molar-refractivity contribution in [2.24, 2.45) is 0 Å². The molecule has 4 nitrogen and oxygen atoms in total. The standard InChI is InChI=1S/C20H14N2O2S2/c1-11-14-7-2-3-8-15(14)21-19(24)17(11)13-6-4-5-12(9-13)10-16-18(23)22-20(25)26-16/h2-10H,1H3,(H,21,24)(H,22,23,25). The fourth-order valence-corrected chi connectivity index (χ4v) is 4.16. The lowest BCUT2D eigenvalue weighted by atomic mass is 9.97. The molecular formula is C20H14N2O2S2. The average molecular weight is 378 g/mol. The summed E-state index contributed by atoms with van der Waals surface area (Å²) in [6, 6.07) is 15.3. The van der Waals surface area contributed by atoms with Crippen molar-refractivity contribution in [1.82, 2.24) is 10.3 Å². The first-order chi connectivity index (χ1) is 12.5. The predicted octanol–water partition coefficient (Wildman–Crippen LogP) is 3.99. The first kappa shape index (κ1) is 16.8. The predicted molar refractivity (Wildman–Crippen MR) is 111 cm³/mol. The minimum absolute atomic E-state index is 0.125. The zero-order chi connectivity index (χ0) is 18.3. The van der Waals surface area contributed by atoms with E-state index in [0.29, 0.717) is 14.8 Å². The zero-order valence-corrected chi connectivity index (χ0v) is 15.5. The summed E-state index contributed by atoms with van der Waals surface area (Å²) in [6.07, 6.45) is 1.79. The molecule has 3 aromatic rings. The zero-order valence-electron chi connectivity index (χ0n) is 13.8. The number of carbonyl (C=O) groups is 1. The number of pyridine rings is 1. The Morgan fingerprint density at radius 2 is 1.88 bits per heavy atom. The van der Waals surface area contributed by atoms with E-state index < -0.39 is 0 Å². The largest absolute Gasteiger partial charge is 0.321 e. The molecule has 6 heteroatoms. The van der Waals surface area contributed by atoms with E-state index in [1.54, 1.807) is 6.08 Å². The second-order valence-electron chi connectivity index (χ2n) is 5.98. The Bertz CT molecular complexity index is 1160. The van der Waals surface area contributed by atoms with Crippen LogP contribution >= 0.6 is 24.0 Å². The van der Waals surface area contributed by atoms with Crippen molar-refractivity contribution in [3.8, 4) is 11.1 Å². The molecule has 4 rings (SSSR count). The third kappa shape index (κ3) is 2.98. The van der Waals surface area contributed by atoms with Crippen LogP contribution in [0.5, 0.6) is 0 Å². The van der Waals surface area contributed by atoms with Gasteiger partial charge in [0.05, 0.1) is 10.5 Å². The molecule has 1 fully saturated rings. The number of nitrogens with one attached hydrogen (secondary N) is 2. The van der Waals surface area contributed by atoms with Gasteiger partial charge < -0.3 is 10.3 Å². The maximum Gasteiger partial charge on any atom is 0.263 e. The van der Waals surface area contributed by atoms with Gasteiger partial charge in [-0.1, -0.05) is 60.4 Å². The lowest BCUT2D eigenvalue weighted by molar-refractivity contribution is -0.115. The van der Waals surface area contributed by atoms with Gasteiger partial charge in [0.2, 0.25) is 0 Å². The van der Waals surface area contributed by atoms with E-state index in [9.17, 15) is 9.59 Å². The Hall–Kier alpha value is -2.70. The van der Waals surface area contributed by atoms with E-state index in [1.165, 1.54) is 11.8 Å². The quantitative estimate of drug-likeness (QED) is 0.523. The van der Waals surface area contributed by atoms with Gasteiger partial charge in [-0.25, -0.2) is 0 Å². The van der Waals surface area contributed by atoms with Gasteiger partial charge >= 0.3 is 0 Å². The van der Waals surface area contributed by atoms with Crippen molar-refractivity contribution in [3.63, 3.8) is 0 Å². The molecule has 128 valence electrons. The minimum Gasteiger partial charge on any atom is -0.321 e. The van der Waals surface area contributed by atoms with Crippen LogP contribution in [0.25, 0.3) is 28.1 Å². The number of H-pyrrole nitrogens is 1. The molecule has 1 aliphatic heterocycles. The molecule has 2 aromatic carbocycles. The van der Waals surface area contributed by atoms with Crippen LogP contribution in [0.2, 0.25) is 0 Å². The summed E-state index contributed by atoms with van der Waals surface area (Å²) in [4.78, 5) is 28.0. The van der Waals surface area contributed by atoms with Crippen LogP contribution in [-0.4, -0.2) is 15.2 Å². The lowest BCUT2D eigenvalue weighted by Crippen LogP contribution is -2.17. The smallest absolute Gasteiger partial charge is 0.263 e. The number of aryl methyl sites for hydroxylation is 1. The van der Waals surface area contributed by atoms with Gasteiger partial charge in [-0.05, 0) is 41.8 Å². The molecule has 0 unspecified atom stereocenters. The van der Waals surface area contributed by atoms with Crippen molar-refractivity contribution in [1.29, 1.82) is 0 Å². The summed E-state index contributed by atoms with van der Waals surface area (Å²) in [5, 5.41) is 3.62. The molecule has 26 heavy (non-hydrogen) atoms. The first-order valence-corrected chi connectivity index (χ1v) is 9.22. The number of aromatic nitrogens is 1. The second kappa shape index (κ2) is 6.55. The molecule has 0 spiro atoms. The highest BCUT2D eigenvalue weighted by Gasteiger charge is 2.22. The second-order valence-corrected chi connectivity index (χ2v) is 7.70. The topological polar surface area (TPSA) is 62.0 Å². The monoisotopic (exact) mass is 378 g/mol. The van der Waals surface area contributed by atoms with Crippen LogP contribution in [0.15, 0.2) is 58.2 Å². The SMILES string of the molecule is Cc1c(-c2cccc(C=C3SC(=S)NC3=O)c2)c(=O)[nH]c2ccccc12. The number of hydrogen-bond donors (Lipinski definition) is 2. The number of carbonyl (C=O) groups excluding carboxylic acids is 1. The van der Waals surface area contributed by atoms with Gasteiger partial charge in [0, 0.05) is 10.9 Å². The number of benzene rings is 2. The van der Waals surface area contributed by atoms with Crippen molar-refractivity contribution >= 4 is 51.2 Å². The van der Waals surface area contributed by atoms with Crippen LogP contribution in [0, 0.1) is 6.92 Å².